The zero-order chi connectivity index (χ0) is 19.3. The lowest BCUT2D eigenvalue weighted by molar-refractivity contribution is -0.147. The van der Waals surface area contributed by atoms with Crippen LogP contribution in [0.5, 0.6) is 17.2 Å². The van der Waals surface area contributed by atoms with E-state index in [1.807, 2.05) is 18.2 Å². The summed E-state index contributed by atoms with van der Waals surface area (Å²) in [5.41, 5.74) is 1.28. The van der Waals surface area contributed by atoms with Gasteiger partial charge in [0.25, 0.3) is 0 Å². The van der Waals surface area contributed by atoms with Gasteiger partial charge in [0, 0.05) is 16.7 Å². The number of rotatable bonds is 6. The number of halogens is 1. The molecule has 2 aromatic carbocycles. The first-order chi connectivity index (χ1) is 13.7. The summed E-state index contributed by atoms with van der Waals surface area (Å²) in [7, 11) is 0. The van der Waals surface area contributed by atoms with Gasteiger partial charge in [0.1, 0.15) is 31.3 Å². The molecule has 0 bridgehead atoms. The molecule has 28 heavy (non-hydrogen) atoms. The number of carbonyl (C=O) groups is 1. The number of esters is 1. The van der Waals surface area contributed by atoms with Crippen LogP contribution in [0, 0.1) is 0 Å². The van der Waals surface area contributed by atoms with Crippen molar-refractivity contribution in [1.82, 2.24) is 5.16 Å². The number of hydrogen-bond donors (Lipinski definition) is 0. The van der Waals surface area contributed by atoms with Crippen LogP contribution in [0.2, 0.25) is 5.02 Å². The number of ether oxygens (including phenoxy) is 4. The monoisotopic (exact) mass is 401 g/mol. The van der Waals surface area contributed by atoms with Crippen LogP contribution in [0.3, 0.4) is 0 Å². The average Bonchev–Trinajstić information content (AvgIpc) is 3.20. The highest BCUT2D eigenvalue weighted by Gasteiger charge is 2.15. The highest BCUT2D eigenvalue weighted by Crippen LogP contribution is 2.34. The van der Waals surface area contributed by atoms with Crippen LogP contribution in [-0.4, -0.2) is 30.9 Å². The van der Waals surface area contributed by atoms with E-state index in [2.05, 4.69) is 5.16 Å². The Kier molecular flexibility index (Phi) is 5.34. The number of benzene rings is 2. The third-order valence-electron chi connectivity index (χ3n) is 3.94. The van der Waals surface area contributed by atoms with Crippen LogP contribution >= 0.6 is 11.6 Å². The Balaban J connectivity index is 1.31. The van der Waals surface area contributed by atoms with E-state index in [1.54, 1.807) is 30.3 Å². The second-order valence-corrected chi connectivity index (χ2v) is 6.38. The maximum absolute atomic E-state index is 11.8. The summed E-state index contributed by atoms with van der Waals surface area (Å²) in [6, 6.07) is 13.9. The minimum atomic E-state index is -0.515. The molecule has 0 saturated carbocycles. The van der Waals surface area contributed by atoms with Crippen molar-refractivity contribution >= 4 is 17.6 Å². The van der Waals surface area contributed by atoms with Crippen LogP contribution in [-0.2, 0) is 16.1 Å². The van der Waals surface area contributed by atoms with Gasteiger partial charge >= 0.3 is 5.97 Å². The van der Waals surface area contributed by atoms with Crippen molar-refractivity contribution in [3.63, 3.8) is 0 Å². The van der Waals surface area contributed by atoms with E-state index in [1.165, 1.54) is 0 Å². The van der Waals surface area contributed by atoms with Crippen molar-refractivity contribution in [2.24, 2.45) is 0 Å². The van der Waals surface area contributed by atoms with Gasteiger partial charge in [-0.2, -0.15) is 0 Å². The zero-order valence-corrected chi connectivity index (χ0v) is 15.5. The molecule has 8 heteroatoms. The van der Waals surface area contributed by atoms with E-state index in [9.17, 15) is 4.79 Å². The summed E-state index contributed by atoms with van der Waals surface area (Å²) >= 11 is 5.80. The molecule has 2 heterocycles. The lowest BCUT2D eigenvalue weighted by Gasteiger charge is -2.18. The van der Waals surface area contributed by atoms with Gasteiger partial charge in [-0.1, -0.05) is 16.8 Å². The van der Waals surface area contributed by atoms with Crippen molar-refractivity contribution in [3.05, 3.63) is 59.2 Å². The minimum Gasteiger partial charge on any atom is -0.486 e. The standard InChI is InChI=1S/C20H16ClNO6/c21-14-2-4-16(5-3-14)26-12-20(23)27-11-15-10-18(28-22-15)13-1-6-17-19(9-13)25-8-7-24-17/h1-6,9-10H,7-8,11-12H2. The van der Waals surface area contributed by atoms with Gasteiger partial charge in [0.05, 0.1) is 0 Å². The number of nitrogens with zero attached hydrogens (tertiary/aromatic N) is 1. The van der Waals surface area contributed by atoms with Crippen LogP contribution in [0.15, 0.2) is 53.1 Å². The summed E-state index contributed by atoms with van der Waals surface area (Å²) in [5, 5.41) is 4.52. The summed E-state index contributed by atoms with van der Waals surface area (Å²) in [6.07, 6.45) is 0. The third-order valence-corrected chi connectivity index (χ3v) is 4.19. The van der Waals surface area contributed by atoms with Gasteiger partial charge in [0.2, 0.25) is 0 Å². The second kappa shape index (κ2) is 8.22. The predicted octanol–water partition coefficient (Wildman–Crippen LogP) is 3.89. The number of fused-ring (bicyclic) bond motifs is 1. The molecule has 3 aromatic rings. The fraction of sp³-hybridized carbons (Fsp3) is 0.200. The van der Waals surface area contributed by atoms with E-state index < -0.39 is 5.97 Å². The Morgan fingerprint density at radius 2 is 1.82 bits per heavy atom. The molecule has 0 unspecified atom stereocenters. The average molecular weight is 402 g/mol. The number of aromatic nitrogens is 1. The van der Waals surface area contributed by atoms with Gasteiger partial charge < -0.3 is 23.5 Å². The maximum Gasteiger partial charge on any atom is 0.344 e. The number of carbonyl (C=O) groups excluding carboxylic acids is 1. The van der Waals surface area contributed by atoms with Gasteiger partial charge in [0.15, 0.2) is 23.9 Å². The molecule has 0 spiro atoms. The molecule has 0 N–H and O–H groups in total. The van der Waals surface area contributed by atoms with Gasteiger partial charge in [-0.15, -0.1) is 0 Å². The van der Waals surface area contributed by atoms with Gasteiger partial charge in [-0.25, -0.2) is 4.79 Å². The van der Waals surface area contributed by atoms with Crippen LogP contribution in [0.4, 0.5) is 0 Å². The second-order valence-electron chi connectivity index (χ2n) is 5.94. The molecule has 1 aromatic heterocycles. The van der Waals surface area contributed by atoms with Crippen molar-refractivity contribution in [2.45, 2.75) is 6.61 Å². The third kappa shape index (κ3) is 4.37. The Hall–Kier alpha value is -3.19. The largest absolute Gasteiger partial charge is 0.486 e. The summed E-state index contributed by atoms with van der Waals surface area (Å²) in [6.45, 7) is 0.809. The molecule has 4 rings (SSSR count). The lowest BCUT2D eigenvalue weighted by atomic mass is 10.1. The molecule has 144 valence electrons. The van der Waals surface area contributed by atoms with E-state index >= 15 is 0 Å². The Morgan fingerprint density at radius 3 is 2.64 bits per heavy atom. The fourth-order valence-corrected chi connectivity index (χ4v) is 2.71. The van der Waals surface area contributed by atoms with Crippen molar-refractivity contribution in [1.29, 1.82) is 0 Å². The molecule has 0 atom stereocenters. The van der Waals surface area contributed by atoms with E-state index in [4.69, 9.17) is 35.1 Å². The molecule has 7 nitrogen and oxygen atoms in total. The van der Waals surface area contributed by atoms with Crippen molar-refractivity contribution < 1.29 is 28.3 Å². The maximum atomic E-state index is 11.8. The van der Waals surface area contributed by atoms with E-state index in [0.717, 1.165) is 5.56 Å². The molecule has 0 saturated heterocycles. The topological polar surface area (TPSA) is 80.0 Å². The highest BCUT2D eigenvalue weighted by molar-refractivity contribution is 6.30. The van der Waals surface area contributed by atoms with Crippen LogP contribution < -0.4 is 14.2 Å². The quantitative estimate of drug-likeness (QED) is 0.579. The molecular weight excluding hydrogens is 386 g/mol. The molecule has 0 radical (unpaired) electrons. The Labute approximate surface area is 165 Å². The summed E-state index contributed by atoms with van der Waals surface area (Å²) in [4.78, 5) is 11.8. The summed E-state index contributed by atoms with van der Waals surface area (Å²) < 4.78 is 26.9. The molecule has 0 amide bonds. The normalized spacial score (nSPS) is 12.5. The highest BCUT2D eigenvalue weighted by atomic mass is 35.5. The first-order valence-electron chi connectivity index (χ1n) is 8.57. The Bertz CT molecular complexity index is 969. The minimum absolute atomic E-state index is 0.0170. The molecule has 1 aliphatic heterocycles. The van der Waals surface area contributed by atoms with Crippen molar-refractivity contribution in [3.8, 4) is 28.6 Å². The lowest BCUT2D eigenvalue weighted by Crippen LogP contribution is -2.15. The summed E-state index contributed by atoms with van der Waals surface area (Å²) in [5.74, 6) is 1.92. The SMILES string of the molecule is O=C(COc1ccc(Cl)cc1)OCc1cc(-c2ccc3c(c2)OCCO3)on1. The number of hydrogen-bond acceptors (Lipinski definition) is 7. The predicted molar refractivity (Wildman–Crippen MR) is 99.7 cm³/mol. The smallest absolute Gasteiger partial charge is 0.344 e. The molecule has 0 fully saturated rings. The first kappa shape index (κ1) is 18.2. The van der Waals surface area contributed by atoms with E-state index in [0.29, 0.717) is 46.9 Å². The fourth-order valence-electron chi connectivity index (χ4n) is 2.58. The van der Waals surface area contributed by atoms with Crippen LogP contribution in [0.25, 0.3) is 11.3 Å². The zero-order valence-electron chi connectivity index (χ0n) is 14.7. The molecular formula is C20H16ClNO6. The van der Waals surface area contributed by atoms with Gasteiger partial charge in [-0.05, 0) is 42.5 Å². The van der Waals surface area contributed by atoms with E-state index in [-0.39, 0.29) is 13.2 Å². The molecule has 1 aliphatic rings. The van der Waals surface area contributed by atoms with Crippen molar-refractivity contribution in [2.75, 3.05) is 19.8 Å². The molecule has 0 aliphatic carbocycles. The Morgan fingerprint density at radius 1 is 1.04 bits per heavy atom. The van der Waals surface area contributed by atoms with Gasteiger partial charge in [-0.3, -0.25) is 0 Å². The first-order valence-corrected chi connectivity index (χ1v) is 8.95. The van der Waals surface area contributed by atoms with Crippen LogP contribution in [0.1, 0.15) is 5.69 Å².